The molecule has 2 aromatic carbocycles. The van der Waals surface area contributed by atoms with Gasteiger partial charge in [0.25, 0.3) is 0 Å². The second kappa shape index (κ2) is 9.47. The Morgan fingerprint density at radius 2 is 1.74 bits per heavy atom. The number of methoxy groups -OCH3 is 1. The molecule has 1 heterocycles. The second-order valence-corrected chi connectivity index (χ2v) is 6.97. The van der Waals surface area contributed by atoms with E-state index in [4.69, 9.17) is 13.9 Å². The Morgan fingerprint density at radius 1 is 1.03 bits per heavy atom. The summed E-state index contributed by atoms with van der Waals surface area (Å²) in [5.74, 6) is -0.650. The minimum atomic E-state index is -0.969. The van der Waals surface area contributed by atoms with Gasteiger partial charge in [-0.05, 0) is 38.5 Å². The summed E-state index contributed by atoms with van der Waals surface area (Å²) in [7, 11) is 1.26. The summed E-state index contributed by atoms with van der Waals surface area (Å²) < 4.78 is 21.4. The highest BCUT2D eigenvalue weighted by molar-refractivity contribution is 5.87. The number of benzene rings is 2. The van der Waals surface area contributed by atoms with Crippen molar-refractivity contribution in [3.05, 3.63) is 75.1 Å². The quantitative estimate of drug-likeness (QED) is 0.421. The van der Waals surface area contributed by atoms with Crippen LogP contribution in [0.4, 0.5) is 0 Å². The van der Waals surface area contributed by atoms with Gasteiger partial charge in [-0.3, -0.25) is 4.79 Å². The largest absolute Gasteiger partial charge is 0.474 e. The summed E-state index contributed by atoms with van der Waals surface area (Å²) in [4.78, 5) is 36.7. The third kappa shape index (κ3) is 4.60. The highest BCUT2D eigenvalue weighted by Crippen LogP contribution is 2.32. The van der Waals surface area contributed by atoms with Gasteiger partial charge >= 0.3 is 17.6 Å². The first-order chi connectivity index (χ1) is 14.9. The molecule has 31 heavy (non-hydrogen) atoms. The Labute approximate surface area is 179 Å². The lowest BCUT2D eigenvalue weighted by molar-refractivity contribution is -0.151. The van der Waals surface area contributed by atoms with Crippen molar-refractivity contribution in [2.45, 2.75) is 33.3 Å². The highest BCUT2D eigenvalue weighted by Gasteiger charge is 2.26. The minimum Gasteiger partial charge on any atom is -0.474 e. The Morgan fingerprint density at radius 3 is 2.39 bits per heavy atom. The van der Waals surface area contributed by atoms with Crippen LogP contribution in [0.3, 0.4) is 0 Å². The van der Waals surface area contributed by atoms with Crippen molar-refractivity contribution in [2.24, 2.45) is 0 Å². The van der Waals surface area contributed by atoms with Crippen molar-refractivity contribution in [1.82, 2.24) is 0 Å². The molecule has 1 atom stereocenters. The molecule has 0 unspecified atom stereocenters. The summed E-state index contributed by atoms with van der Waals surface area (Å²) in [5, 5.41) is 0.677. The fourth-order valence-electron chi connectivity index (χ4n) is 3.34. The number of ether oxygens (including phenoxy) is 3. The van der Waals surface area contributed by atoms with Crippen LogP contribution < -0.4 is 10.4 Å². The molecular weight excluding hydrogens is 400 g/mol. The average Bonchev–Trinajstić information content (AvgIpc) is 2.77. The normalized spacial score (nSPS) is 11.7. The molecule has 0 spiro atoms. The van der Waals surface area contributed by atoms with Crippen LogP contribution in [0.15, 0.2) is 51.7 Å². The maximum Gasteiger partial charge on any atom is 0.352 e. The summed E-state index contributed by atoms with van der Waals surface area (Å²) in [6.07, 6.45) is -1.14. The molecule has 3 aromatic rings. The molecule has 7 heteroatoms. The minimum absolute atomic E-state index is 0.170. The monoisotopic (exact) mass is 424 g/mol. The van der Waals surface area contributed by atoms with Gasteiger partial charge in [-0.2, -0.15) is 0 Å². The lowest BCUT2D eigenvalue weighted by Gasteiger charge is -2.20. The van der Waals surface area contributed by atoms with E-state index in [2.05, 4.69) is 4.74 Å². The van der Waals surface area contributed by atoms with E-state index >= 15 is 0 Å². The fraction of sp³-hybridized carbons (Fsp3) is 0.292. The zero-order chi connectivity index (χ0) is 22.5. The van der Waals surface area contributed by atoms with Gasteiger partial charge in [0.1, 0.15) is 11.3 Å². The third-order valence-electron chi connectivity index (χ3n) is 5.05. The Bertz CT molecular complexity index is 1160. The second-order valence-electron chi connectivity index (χ2n) is 6.97. The van der Waals surface area contributed by atoms with Gasteiger partial charge in [-0.25, -0.2) is 9.59 Å². The Hall–Kier alpha value is -3.61. The standard InChI is InChI=1S/C24H24O7/c1-5-29-24(27)22(16-9-7-6-8-10-16)30-19-12-11-17-14(2)18(13-20(25)28-4)23(26)31-21(17)15(19)3/h6-12,22H,5,13H2,1-4H3/t22-/m0/s1. The number of hydrogen-bond donors (Lipinski definition) is 0. The molecule has 0 amide bonds. The van der Waals surface area contributed by atoms with Crippen LogP contribution >= 0.6 is 0 Å². The van der Waals surface area contributed by atoms with E-state index < -0.39 is 23.7 Å². The summed E-state index contributed by atoms with van der Waals surface area (Å²) in [6.45, 7) is 5.44. The van der Waals surface area contributed by atoms with Crippen molar-refractivity contribution in [2.75, 3.05) is 13.7 Å². The predicted octanol–water partition coefficient (Wildman–Crippen LogP) is 3.81. The molecule has 0 aliphatic heterocycles. The molecule has 0 N–H and O–H groups in total. The van der Waals surface area contributed by atoms with Gasteiger partial charge in [0.15, 0.2) is 0 Å². The van der Waals surface area contributed by atoms with Gasteiger partial charge in [0.2, 0.25) is 6.10 Å². The number of hydrogen-bond acceptors (Lipinski definition) is 7. The van der Waals surface area contributed by atoms with E-state index in [1.807, 2.05) is 18.2 Å². The summed E-state index contributed by atoms with van der Waals surface area (Å²) in [5.41, 5.74) is 1.82. The topological polar surface area (TPSA) is 92.0 Å². The van der Waals surface area contributed by atoms with Gasteiger partial charge in [0.05, 0.1) is 25.7 Å². The number of aryl methyl sites for hydroxylation is 2. The molecule has 7 nitrogen and oxygen atoms in total. The van der Waals surface area contributed by atoms with E-state index in [1.54, 1.807) is 45.0 Å². The fourth-order valence-corrected chi connectivity index (χ4v) is 3.34. The lowest BCUT2D eigenvalue weighted by atomic mass is 10.0. The molecule has 3 rings (SSSR count). The zero-order valence-electron chi connectivity index (χ0n) is 17.9. The smallest absolute Gasteiger partial charge is 0.352 e. The van der Waals surface area contributed by atoms with Crippen LogP contribution in [-0.2, 0) is 25.5 Å². The van der Waals surface area contributed by atoms with E-state index in [0.717, 1.165) is 0 Å². The molecule has 0 aliphatic rings. The summed E-state index contributed by atoms with van der Waals surface area (Å²) in [6, 6.07) is 12.5. The number of esters is 2. The summed E-state index contributed by atoms with van der Waals surface area (Å²) >= 11 is 0. The van der Waals surface area contributed by atoms with Crippen LogP contribution in [0.2, 0.25) is 0 Å². The van der Waals surface area contributed by atoms with E-state index in [9.17, 15) is 14.4 Å². The van der Waals surface area contributed by atoms with Crippen LogP contribution in [0, 0.1) is 13.8 Å². The van der Waals surface area contributed by atoms with Crippen LogP contribution in [-0.4, -0.2) is 25.7 Å². The SMILES string of the molecule is CCOC(=O)[C@@H](Oc1ccc2c(C)c(CC(=O)OC)c(=O)oc2c1C)c1ccccc1. The zero-order valence-corrected chi connectivity index (χ0v) is 17.9. The number of rotatable bonds is 7. The van der Waals surface area contributed by atoms with Gasteiger partial charge in [0, 0.05) is 16.5 Å². The molecule has 0 radical (unpaired) electrons. The lowest BCUT2D eigenvalue weighted by Crippen LogP contribution is -2.22. The van der Waals surface area contributed by atoms with Crippen molar-refractivity contribution in [3.63, 3.8) is 0 Å². The third-order valence-corrected chi connectivity index (χ3v) is 5.05. The number of fused-ring (bicyclic) bond motifs is 1. The Kier molecular flexibility index (Phi) is 6.74. The highest BCUT2D eigenvalue weighted by atomic mass is 16.6. The molecule has 0 aliphatic carbocycles. The average molecular weight is 424 g/mol. The first-order valence-electron chi connectivity index (χ1n) is 9.88. The van der Waals surface area contributed by atoms with E-state index in [-0.39, 0.29) is 18.6 Å². The molecule has 0 bridgehead atoms. The van der Waals surface area contributed by atoms with Crippen molar-refractivity contribution < 1.29 is 28.2 Å². The van der Waals surface area contributed by atoms with E-state index in [1.165, 1.54) is 7.11 Å². The number of carbonyl (C=O) groups excluding carboxylic acids is 2. The predicted molar refractivity (Wildman–Crippen MR) is 114 cm³/mol. The maximum atomic E-state index is 12.5. The number of carbonyl (C=O) groups is 2. The van der Waals surface area contributed by atoms with Crippen LogP contribution in [0.5, 0.6) is 5.75 Å². The van der Waals surface area contributed by atoms with E-state index in [0.29, 0.717) is 33.4 Å². The molecule has 0 saturated heterocycles. The van der Waals surface area contributed by atoms with Crippen molar-refractivity contribution >= 4 is 22.9 Å². The van der Waals surface area contributed by atoms with Gasteiger partial charge in [-0.1, -0.05) is 30.3 Å². The molecule has 0 saturated carbocycles. The molecule has 0 fully saturated rings. The molecular formula is C24H24O7. The van der Waals surface area contributed by atoms with Crippen LogP contribution in [0.25, 0.3) is 11.0 Å². The maximum absolute atomic E-state index is 12.5. The van der Waals surface area contributed by atoms with Gasteiger partial charge < -0.3 is 18.6 Å². The molecule has 1 aromatic heterocycles. The first kappa shape index (κ1) is 22.1. The first-order valence-corrected chi connectivity index (χ1v) is 9.88. The van der Waals surface area contributed by atoms with Gasteiger partial charge in [-0.15, -0.1) is 0 Å². The Balaban J connectivity index is 2.05. The van der Waals surface area contributed by atoms with Crippen molar-refractivity contribution in [1.29, 1.82) is 0 Å². The van der Waals surface area contributed by atoms with Crippen molar-refractivity contribution in [3.8, 4) is 5.75 Å². The molecule has 162 valence electrons. The van der Waals surface area contributed by atoms with Crippen LogP contribution in [0.1, 0.15) is 35.3 Å².